The third-order valence-electron chi connectivity index (χ3n) is 2.94. The number of rotatable bonds is 3. The van der Waals surface area contributed by atoms with Gasteiger partial charge in [0.25, 0.3) is 0 Å². The van der Waals surface area contributed by atoms with Gasteiger partial charge in [-0.25, -0.2) is 9.97 Å². The van der Waals surface area contributed by atoms with Crippen molar-refractivity contribution >= 4 is 11.8 Å². The molecule has 3 N–H and O–H groups in total. The molecule has 1 fully saturated rings. The van der Waals surface area contributed by atoms with Crippen LogP contribution in [-0.2, 0) is 0 Å². The molecule has 4 nitrogen and oxygen atoms in total. The first-order valence-electron chi connectivity index (χ1n) is 5.46. The van der Waals surface area contributed by atoms with Crippen molar-refractivity contribution in [1.29, 1.82) is 0 Å². The van der Waals surface area contributed by atoms with E-state index < -0.39 is 0 Å². The van der Waals surface area contributed by atoms with E-state index in [0.717, 1.165) is 30.0 Å². The average Bonchev–Trinajstić information content (AvgIpc) is 2.65. The molecule has 0 aromatic carbocycles. The number of hydrogen-bond acceptors (Lipinski definition) is 5. The maximum absolute atomic E-state index is 9.18. The number of nitrogens with two attached hydrogens (primary N) is 1. The van der Waals surface area contributed by atoms with Crippen molar-refractivity contribution in [3.63, 3.8) is 0 Å². The van der Waals surface area contributed by atoms with Crippen molar-refractivity contribution in [2.45, 2.75) is 42.1 Å². The zero-order chi connectivity index (χ0) is 11.6. The fourth-order valence-corrected chi connectivity index (χ4v) is 3.12. The minimum absolute atomic E-state index is 0.0683. The Morgan fingerprint density at radius 1 is 1.56 bits per heavy atom. The molecule has 1 aromatic rings. The fraction of sp³-hybridized carbons (Fsp3) is 0.636. The second kappa shape index (κ2) is 4.69. The molecule has 88 valence electrons. The molecule has 0 saturated heterocycles. The van der Waals surface area contributed by atoms with Gasteiger partial charge < -0.3 is 10.8 Å². The molecule has 2 rings (SSSR count). The van der Waals surface area contributed by atoms with E-state index in [0.29, 0.717) is 5.25 Å². The lowest BCUT2D eigenvalue weighted by Gasteiger charge is -2.20. The van der Waals surface area contributed by atoms with Crippen molar-refractivity contribution in [2.24, 2.45) is 5.73 Å². The Bertz CT molecular complexity index is 357. The van der Waals surface area contributed by atoms with Gasteiger partial charge in [0.15, 0.2) is 5.16 Å². The normalized spacial score (nSPS) is 29.6. The van der Waals surface area contributed by atoms with Crippen LogP contribution in [0.25, 0.3) is 0 Å². The topological polar surface area (TPSA) is 72.0 Å². The standard InChI is InChI=1S/C11H17N3OS/c1-8-5-13-10(14-6-8)16-9-2-3-11(12,4-9)7-15/h5-6,9,15H,2-4,7,12H2,1H3. The molecule has 0 bridgehead atoms. The maximum Gasteiger partial charge on any atom is 0.187 e. The summed E-state index contributed by atoms with van der Waals surface area (Å²) in [6, 6.07) is 0. The molecule has 0 amide bonds. The van der Waals surface area contributed by atoms with E-state index in [1.54, 1.807) is 11.8 Å². The number of thioether (sulfide) groups is 1. The maximum atomic E-state index is 9.18. The largest absolute Gasteiger partial charge is 0.394 e. The number of aliphatic hydroxyl groups excluding tert-OH is 1. The smallest absolute Gasteiger partial charge is 0.187 e. The summed E-state index contributed by atoms with van der Waals surface area (Å²) in [6.45, 7) is 2.04. The molecule has 5 heteroatoms. The molecule has 1 aliphatic rings. The van der Waals surface area contributed by atoms with Gasteiger partial charge in [-0.2, -0.15) is 0 Å². The Morgan fingerprint density at radius 2 is 2.25 bits per heavy atom. The van der Waals surface area contributed by atoms with Crippen LogP contribution in [0.15, 0.2) is 17.6 Å². The lowest BCUT2D eigenvalue weighted by Crippen LogP contribution is -2.40. The van der Waals surface area contributed by atoms with Crippen LogP contribution in [-0.4, -0.2) is 32.5 Å². The quantitative estimate of drug-likeness (QED) is 0.773. The Labute approximate surface area is 99.7 Å². The van der Waals surface area contributed by atoms with Gasteiger partial charge in [-0.05, 0) is 31.7 Å². The average molecular weight is 239 g/mol. The summed E-state index contributed by atoms with van der Waals surface area (Å²) >= 11 is 1.66. The molecule has 1 saturated carbocycles. The minimum atomic E-state index is -0.387. The zero-order valence-electron chi connectivity index (χ0n) is 9.39. The first kappa shape index (κ1) is 11.8. The molecule has 1 aliphatic carbocycles. The lowest BCUT2D eigenvalue weighted by molar-refractivity contribution is 0.200. The second-order valence-electron chi connectivity index (χ2n) is 4.55. The second-order valence-corrected chi connectivity index (χ2v) is 5.81. The molecular formula is C11H17N3OS. The van der Waals surface area contributed by atoms with E-state index in [1.807, 2.05) is 19.3 Å². The molecular weight excluding hydrogens is 222 g/mol. The molecule has 2 atom stereocenters. The third kappa shape index (κ3) is 2.72. The van der Waals surface area contributed by atoms with Gasteiger partial charge in [0.05, 0.1) is 6.61 Å². The van der Waals surface area contributed by atoms with E-state index in [-0.39, 0.29) is 12.1 Å². The summed E-state index contributed by atoms with van der Waals surface area (Å²) < 4.78 is 0. The number of nitrogens with zero attached hydrogens (tertiary/aromatic N) is 2. The third-order valence-corrected chi connectivity index (χ3v) is 4.10. The van der Waals surface area contributed by atoms with Gasteiger partial charge >= 0.3 is 0 Å². The lowest BCUT2D eigenvalue weighted by atomic mass is 10.0. The molecule has 1 aromatic heterocycles. The minimum Gasteiger partial charge on any atom is -0.394 e. The molecule has 0 radical (unpaired) electrons. The first-order valence-corrected chi connectivity index (χ1v) is 6.34. The Morgan fingerprint density at radius 3 is 2.81 bits per heavy atom. The SMILES string of the molecule is Cc1cnc(SC2CCC(N)(CO)C2)nc1. The van der Waals surface area contributed by atoms with E-state index >= 15 is 0 Å². The van der Waals surface area contributed by atoms with Crippen LogP contribution in [0.2, 0.25) is 0 Å². The summed E-state index contributed by atoms with van der Waals surface area (Å²) in [5.74, 6) is 0. The number of hydrogen-bond donors (Lipinski definition) is 2. The Kier molecular flexibility index (Phi) is 3.47. The monoisotopic (exact) mass is 239 g/mol. The molecule has 16 heavy (non-hydrogen) atoms. The van der Waals surface area contributed by atoms with E-state index in [4.69, 9.17) is 5.73 Å². The predicted octanol–water partition coefficient (Wildman–Crippen LogP) is 1.12. The van der Waals surface area contributed by atoms with E-state index in [1.165, 1.54) is 0 Å². The Balaban J connectivity index is 1.94. The van der Waals surface area contributed by atoms with E-state index in [2.05, 4.69) is 9.97 Å². The van der Waals surface area contributed by atoms with Gasteiger partial charge in [-0.3, -0.25) is 0 Å². The van der Waals surface area contributed by atoms with Crippen LogP contribution in [0.4, 0.5) is 0 Å². The highest BCUT2D eigenvalue weighted by atomic mass is 32.2. The highest BCUT2D eigenvalue weighted by Crippen LogP contribution is 2.37. The van der Waals surface area contributed by atoms with Crippen LogP contribution < -0.4 is 5.73 Å². The van der Waals surface area contributed by atoms with Crippen LogP contribution >= 0.6 is 11.8 Å². The predicted molar refractivity (Wildman–Crippen MR) is 64.3 cm³/mol. The highest BCUT2D eigenvalue weighted by molar-refractivity contribution is 7.99. The first-order chi connectivity index (χ1) is 7.61. The van der Waals surface area contributed by atoms with Gasteiger partial charge in [-0.15, -0.1) is 0 Å². The van der Waals surface area contributed by atoms with Gasteiger partial charge in [-0.1, -0.05) is 11.8 Å². The van der Waals surface area contributed by atoms with E-state index in [9.17, 15) is 5.11 Å². The Hall–Kier alpha value is -0.650. The van der Waals surface area contributed by atoms with Crippen molar-refractivity contribution in [2.75, 3.05) is 6.61 Å². The highest BCUT2D eigenvalue weighted by Gasteiger charge is 2.35. The fourth-order valence-electron chi connectivity index (χ4n) is 1.94. The van der Waals surface area contributed by atoms with Crippen LogP contribution in [0.5, 0.6) is 0 Å². The van der Waals surface area contributed by atoms with Crippen molar-refractivity contribution < 1.29 is 5.11 Å². The zero-order valence-corrected chi connectivity index (χ0v) is 10.2. The van der Waals surface area contributed by atoms with Crippen molar-refractivity contribution in [1.82, 2.24) is 9.97 Å². The van der Waals surface area contributed by atoms with Crippen LogP contribution in [0.3, 0.4) is 0 Å². The summed E-state index contributed by atoms with van der Waals surface area (Å²) in [6.07, 6.45) is 6.40. The molecule has 0 aliphatic heterocycles. The molecule has 0 spiro atoms. The number of aromatic nitrogens is 2. The van der Waals surface area contributed by atoms with Crippen LogP contribution in [0.1, 0.15) is 24.8 Å². The number of aliphatic hydroxyl groups is 1. The summed E-state index contributed by atoms with van der Waals surface area (Å²) in [5, 5.41) is 10.4. The number of aryl methyl sites for hydroxylation is 1. The molecule has 2 unspecified atom stereocenters. The van der Waals surface area contributed by atoms with Gasteiger partial charge in [0, 0.05) is 23.2 Å². The summed E-state index contributed by atoms with van der Waals surface area (Å²) in [5.41, 5.74) is 6.70. The summed E-state index contributed by atoms with van der Waals surface area (Å²) in [7, 11) is 0. The van der Waals surface area contributed by atoms with Crippen molar-refractivity contribution in [3.05, 3.63) is 18.0 Å². The van der Waals surface area contributed by atoms with Crippen LogP contribution in [0, 0.1) is 6.92 Å². The summed E-state index contributed by atoms with van der Waals surface area (Å²) in [4.78, 5) is 8.53. The van der Waals surface area contributed by atoms with Gasteiger partial charge in [0.1, 0.15) is 0 Å². The molecule has 1 heterocycles. The van der Waals surface area contributed by atoms with Crippen molar-refractivity contribution in [3.8, 4) is 0 Å². The van der Waals surface area contributed by atoms with Gasteiger partial charge in [0.2, 0.25) is 0 Å².